The molecule has 2 aliphatic heterocycles. The first kappa shape index (κ1) is 9.93. The van der Waals surface area contributed by atoms with Crippen molar-refractivity contribution >= 4 is 5.91 Å². The number of hydrogen-bond acceptors (Lipinski definition) is 3. The van der Waals surface area contributed by atoms with Gasteiger partial charge in [-0.2, -0.15) is 0 Å². The van der Waals surface area contributed by atoms with Crippen molar-refractivity contribution in [2.24, 2.45) is 5.41 Å². The molecule has 1 atom stereocenters. The first-order valence-electron chi connectivity index (χ1n) is 5.43. The van der Waals surface area contributed by atoms with Crippen molar-refractivity contribution in [3.05, 3.63) is 0 Å². The van der Waals surface area contributed by atoms with Gasteiger partial charge < -0.3 is 15.5 Å². The predicted octanol–water partition coefficient (Wildman–Crippen LogP) is -0.582. The monoisotopic (exact) mass is 197 g/mol. The molecule has 0 aromatic carbocycles. The van der Waals surface area contributed by atoms with Gasteiger partial charge in [0.2, 0.25) is 5.91 Å². The molecule has 0 bridgehead atoms. The van der Waals surface area contributed by atoms with E-state index in [1.807, 2.05) is 4.90 Å². The van der Waals surface area contributed by atoms with Gasteiger partial charge in [0.1, 0.15) is 0 Å². The molecule has 2 N–H and O–H groups in total. The Balaban J connectivity index is 1.98. The van der Waals surface area contributed by atoms with E-state index < -0.39 is 0 Å². The summed E-state index contributed by atoms with van der Waals surface area (Å²) in [5.41, 5.74) is -0.142. The molecule has 14 heavy (non-hydrogen) atoms. The lowest BCUT2D eigenvalue weighted by molar-refractivity contribution is -0.140. The molecule has 2 heterocycles. The SMILES string of the molecule is CC1(C(=O)N2CCNCC2)CCNC1. The first-order valence-corrected chi connectivity index (χ1v) is 5.43. The molecule has 0 saturated carbocycles. The van der Waals surface area contributed by atoms with Gasteiger partial charge in [-0.05, 0) is 19.9 Å². The van der Waals surface area contributed by atoms with Gasteiger partial charge in [-0.1, -0.05) is 0 Å². The fraction of sp³-hybridized carbons (Fsp3) is 0.900. The van der Waals surface area contributed by atoms with Crippen molar-refractivity contribution in [2.45, 2.75) is 13.3 Å². The van der Waals surface area contributed by atoms with Crippen LogP contribution in [0.3, 0.4) is 0 Å². The van der Waals surface area contributed by atoms with Gasteiger partial charge in [0.05, 0.1) is 5.41 Å². The van der Waals surface area contributed by atoms with E-state index in [-0.39, 0.29) is 5.41 Å². The van der Waals surface area contributed by atoms with Crippen molar-refractivity contribution in [1.82, 2.24) is 15.5 Å². The van der Waals surface area contributed by atoms with Gasteiger partial charge in [0.15, 0.2) is 0 Å². The Bertz CT molecular complexity index is 217. The summed E-state index contributed by atoms with van der Waals surface area (Å²) in [4.78, 5) is 14.2. The second kappa shape index (κ2) is 3.87. The minimum atomic E-state index is -0.142. The molecule has 2 saturated heterocycles. The van der Waals surface area contributed by atoms with Crippen LogP contribution in [0.25, 0.3) is 0 Å². The number of carbonyl (C=O) groups excluding carboxylic acids is 1. The summed E-state index contributed by atoms with van der Waals surface area (Å²) in [7, 11) is 0. The van der Waals surface area contributed by atoms with Crippen LogP contribution in [0.4, 0.5) is 0 Å². The lowest BCUT2D eigenvalue weighted by Gasteiger charge is -2.34. The Kier molecular flexibility index (Phi) is 2.74. The lowest BCUT2D eigenvalue weighted by atomic mass is 9.88. The predicted molar refractivity (Wildman–Crippen MR) is 55.0 cm³/mol. The molecule has 0 aromatic rings. The summed E-state index contributed by atoms with van der Waals surface area (Å²) in [5.74, 6) is 0.337. The Morgan fingerprint density at radius 3 is 2.50 bits per heavy atom. The second-order valence-electron chi connectivity index (χ2n) is 4.53. The summed E-state index contributed by atoms with van der Waals surface area (Å²) >= 11 is 0. The van der Waals surface area contributed by atoms with E-state index in [1.165, 1.54) is 0 Å². The number of nitrogens with zero attached hydrogens (tertiary/aromatic N) is 1. The van der Waals surface area contributed by atoms with Crippen LogP contribution in [0.1, 0.15) is 13.3 Å². The molecule has 4 nitrogen and oxygen atoms in total. The average Bonchev–Trinajstić information content (AvgIpc) is 2.67. The molecule has 4 heteroatoms. The molecular formula is C10H19N3O. The molecule has 0 spiro atoms. The fourth-order valence-electron chi connectivity index (χ4n) is 2.25. The second-order valence-corrected chi connectivity index (χ2v) is 4.53. The number of amides is 1. The zero-order valence-corrected chi connectivity index (χ0v) is 8.81. The molecule has 0 radical (unpaired) electrons. The normalized spacial score (nSPS) is 33.4. The summed E-state index contributed by atoms with van der Waals surface area (Å²) in [6.07, 6.45) is 0.982. The molecule has 1 amide bonds. The van der Waals surface area contributed by atoms with E-state index >= 15 is 0 Å². The molecule has 80 valence electrons. The summed E-state index contributed by atoms with van der Waals surface area (Å²) < 4.78 is 0. The van der Waals surface area contributed by atoms with Crippen molar-refractivity contribution in [3.8, 4) is 0 Å². The zero-order valence-electron chi connectivity index (χ0n) is 8.81. The maximum atomic E-state index is 12.2. The lowest BCUT2D eigenvalue weighted by Crippen LogP contribution is -2.51. The van der Waals surface area contributed by atoms with Crippen molar-refractivity contribution in [2.75, 3.05) is 39.3 Å². The third kappa shape index (κ3) is 1.77. The Morgan fingerprint density at radius 1 is 1.21 bits per heavy atom. The van der Waals surface area contributed by atoms with Crippen LogP contribution in [0.15, 0.2) is 0 Å². The first-order chi connectivity index (χ1) is 6.72. The maximum absolute atomic E-state index is 12.2. The largest absolute Gasteiger partial charge is 0.340 e. The highest BCUT2D eigenvalue weighted by Crippen LogP contribution is 2.27. The number of hydrogen-bond donors (Lipinski definition) is 2. The highest BCUT2D eigenvalue weighted by atomic mass is 16.2. The summed E-state index contributed by atoms with van der Waals surface area (Å²) in [6.45, 7) is 7.52. The van der Waals surface area contributed by atoms with Gasteiger partial charge in [-0.3, -0.25) is 4.79 Å². The summed E-state index contributed by atoms with van der Waals surface area (Å²) in [6, 6.07) is 0. The van der Waals surface area contributed by atoms with Crippen LogP contribution in [0.2, 0.25) is 0 Å². The smallest absolute Gasteiger partial charge is 0.229 e. The topological polar surface area (TPSA) is 44.4 Å². The zero-order chi connectivity index (χ0) is 10.0. The number of nitrogens with one attached hydrogen (secondary N) is 2. The van der Waals surface area contributed by atoms with E-state index in [9.17, 15) is 4.79 Å². The van der Waals surface area contributed by atoms with E-state index in [2.05, 4.69) is 17.6 Å². The third-order valence-corrected chi connectivity index (χ3v) is 3.29. The number of carbonyl (C=O) groups is 1. The standard InChI is InChI=1S/C10H19N3O/c1-10(2-3-12-8-10)9(14)13-6-4-11-5-7-13/h11-12H,2-8H2,1H3. The van der Waals surface area contributed by atoms with Gasteiger partial charge in [-0.15, -0.1) is 0 Å². The van der Waals surface area contributed by atoms with Gasteiger partial charge in [0.25, 0.3) is 0 Å². The Morgan fingerprint density at radius 2 is 1.93 bits per heavy atom. The Labute approximate surface area is 85.0 Å². The molecular weight excluding hydrogens is 178 g/mol. The number of rotatable bonds is 1. The van der Waals surface area contributed by atoms with Crippen LogP contribution in [0, 0.1) is 5.41 Å². The molecule has 0 aromatic heterocycles. The van der Waals surface area contributed by atoms with Crippen molar-refractivity contribution in [3.63, 3.8) is 0 Å². The van der Waals surface area contributed by atoms with Crippen LogP contribution < -0.4 is 10.6 Å². The highest BCUT2D eigenvalue weighted by molar-refractivity contribution is 5.83. The quantitative estimate of drug-likeness (QED) is 0.591. The molecule has 2 fully saturated rings. The number of piperazine rings is 1. The average molecular weight is 197 g/mol. The van der Waals surface area contributed by atoms with E-state index in [0.29, 0.717) is 5.91 Å². The van der Waals surface area contributed by atoms with E-state index in [1.54, 1.807) is 0 Å². The van der Waals surface area contributed by atoms with Crippen LogP contribution in [0.5, 0.6) is 0 Å². The minimum Gasteiger partial charge on any atom is -0.340 e. The summed E-state index contributed by atoms with van der Waals surface area (Å²) in [5, 5.41) is 6.53. The molecule has 1 unspecified atom stereocenters. The highest BCUT2D eigenvalue weighted by Gasteiger charge is 2.39. The van der Waals surface area contributed by atoms with Gasteiger partial charge >= 0.3 is 0 Å². The van der Waals surface area contributed by atoms with E-state index in [0.717, 1.165) is 45.7 Å². The van der Waals surface area contributed by atoms with Crippen LogP contribution in [-0.4, -0.2) is 50.1 Å². The van der Waals surface area contributed by atoms with Crippen molar-refractivity contribution < 1.29 is 4.79 Å². The fourth-order valence-corrected chi connectivity index (χ4v) is 2.25. The molecule has 0 aliphatic carbocycles. The van der Waals surface area contributed by atoms with Crippen molar-refractivity contribution in [1.29, 1.82) is 0 Å². The minimum absolute atomic E-state index is 0.142. The van der Waals surface area contributed by atoms with Gasteiger partial charge in [-0.25, -0.2) is 0 Å². The van der Waals surface area contributed by atoms with E-state index in [4.69, 9.17) is 0 Å². The third-order valence-electron chi connectivity index (χ3n) is 3.29. The molecule has 2 rings (SSSR count). The Hall–Kier alpha value is -0.610. The van der Waals surface area contributed by atoms with Crippen LogP contribution in [-0.2, 0) is 4.79 Å². The maximum Gasteiger partial charge on any atom is 0.229 e. The molecule has 2 aliphatic rings. The van der Waals surface area contributed by atoms with Crippen LogP contribution >= 0.6 is 0 Å². The van der Waals surface area contributed by atoms with Gasteiger partial charge in [0, 0.05) is 32.7 Å².